The lowest BCUT2D eigenvalue weighted by molar-refractivity contribution is 0.0635. The molecule has 2 nitrogen and oxygen atoms in total. The van der Waals surface area contributed by atoms with E-state index in [1.54, 1.807) is 4.90 Å². The van der Waals surface area contributed by atoms with Crippen LogP contribution in [0.2, 0.25) is 5.02 Å². The average Bonchev–Trinajstić information content (AvgIpc) is 2.40. The van der Waals surface area contributed by atoms with Crippen molar-refractivity contribution in [1.29, 1.82) is 0 Å². The van der Waals surface area contributed by atoms with Gasteiger partial charge in [0.25, 0.3) is 5.91 Å². The van der Waals surface area contributed by atoms with Gasteiger partial charge in [-0.15, -0.1) is 0 Å². The lowest BCUT2D eigenvalue weighted by atomic mass is 10.0. The monoisotopic (exact) mass is 299 g/mol. The largest absolute Gasteiger partial charge is 0.335 e. The first-order valence-corrected chi connectivity index (χ1v) is 7.54. The number of rotatable bonds is 6. The summed E-state index contributed by atoms with van der Waals surface area (Å²) in [5.74, 6) is -0.451. The highest BCUT2D eigenvalue weighted by Crippen LogP contribution is 2.20. The second-order valence-electron chi connectivity index (χ2n) is 5.45. The normalized spacial score (nSPS) is 11.2. The Labute approximate surface area is 125 Å². The van der Waals surface area contributed by atoms with Gasteiger partial charge in [-0.05, 0) is 37.0 Å². The van der Waals surface area contributed by atoms with Gasteiger partial charge in [-0.3, -0.25) is 4.79 Å². The summed E-state index contributed by atoms with van der Waals surface area (Å²) < 4.78 is 13.9. The first kappa shape index (κ1) is 17.0. The average molecular weight is 300 g/mol. The van der Waals surface area contributed by atoms with Crippen LogP contribution in [-0.4, -0.2) is 23.4 Å². The second kappa shape index (κ2) is 7.63. The minimum atomic E-state index is -0.515. The molecule has 0 fully saturated rings. The van der Waals surface area contributed by atoms with Crippen molar-refractivity contribution < 1.29 is 9.18 Å². The van der Waals surface area contributed by atoms with Crippen molar-refractivity contribution in [2.24, 2.45) is 5.92 Å². The summed E-state index contributed by atoms with van der Waals surface area (Å²) in [7, 11) is 0. The lowest BCUT2D eigenvalue weighted by Crippen LogP contribution is -2.42. The molecule has 1 amide bonds. The molecule has 0 N–H and O–H groups in total. The zero-order valence-corrected chi connectivity index (χ0v) is 13.4. The van der Waals surface area contributed by atoms with Crippen LogP contribution >= 0.6 is 11.6 Å². The van der Waals surface area contributed by atoms with Crippen LogP contribution in [0.4, 0.5) is 4.39 Å². The van der Waals surface area contributed by atoms with E-state index in [0.29, 0.717) is 17.5 Å². The number of benzene rings is 1. The fourth-order valence-corrected chi connectivity index (χ4v) is 2.51. The van der Waals surface area contributed by atoms with Gasteiger partial charge in [0.05, 0.1) is 5.56 Å². The maximum atomic E-state index is 13.9. The summed E-state index contributed by atoms with van der Waals surface area (Å²) in [6, 6.07) is 4.24. The number of halogens is 2. The number of hydrogen-bond acceptors (Lipinski definition) is 1. The molecule has 0 aliphatic rings. The molecule has 1 aromatic carbocycles. The van der Waals surface area contributed by atoms with E-state index in [1.165, 1.54) is 18.2 Å². The molecule has 0 atom stereocenters. The molecular weight excluding hydrogens is 277 g/mol. The van der Waals surface area contributed by atoms with Gasteiger partial charge in [0.2, 0.25) is 0 Å². The zero-order valence-electron chi connectivity index (χ0n) is 12.6. The van der Waals surface area contributed by atoms with Crippen LogP contribution in [-0.2, 0) is 0 Å². The molecule has 0 heterocycles. The van der Waals surface area contributed by atoms with Crippen molar-refractivity contribution in [2.75, 3.05) is 6.54 Å². The highest BCUT2D eigenvalue weighted by atomic mass is 35.5. The number of carbonyl (C=O) groups excluding carboxylic acids is 1. The van der Waals surface area contributed by atoms with E-state index in [4.69, 9.17) is 11.6 Å². The van der Waals surface area contributed by atoms with Gasteiger partial charge in [0.15, 0.2) is 0 Å². The van der Waals surface area contributed by atoms with E-state index >= 15 is 0 Å². The maximum Gasteiger partial charge on any atom is 0.257 e. The first-order valence-electron chi connectivity index (χ1n) is 7.16. The van der Waals surface area contributed by atoms with Gasteiger partial charge < -0.3 is 4.90 Å². The quantitative estimate of drug-likeness (QED) is 0.741. The van der Waals surface area contributed by atoms with Gasteiger partial charge >= 0.3 is 0 Å². The summed E-state index contributed by atoms with van der Waals surface area (Å²) in [6.45, 7) is 8.82. The van der Waals surface area contributed by atoms with Gasteiger partial charge in [0.1, 0.15) is 5.82 Å². The van der Waals surface area contributed by atoms with Crippen LogP contribution in [0.15, 0.2) is 18.2 Å². The van der Waals surface area contributed by atoms with E-state index in [1.807, 2.05) is 13.8 Å². The molecule has 20 heavy (non-hydrogen) atoms. The first-order chi connectivity index (χ1) is 9.40. The van der Waals surface area contributed by atoms with Crippen molar-refractivity contribution in [1.82, 2.24) is 4.90 Å². The van der Waals surface area contributed by atoms with E-state index in [2.05, 4.69) is 13.8 Å². The number of amides is 1. The maximum absolute atomic E-state index is 13.9. The Morgan fingerprint density at radius 2 is 1.90 bits per heavy atom. The Hall–Kier alpha value is -1.09. The molecule has 4 heteroatoms. The predicted octanol–water partition coefficient (Wildman–Crippen LogP) is 4.77. The van der Waals surface area contributed by atoms with Crippen LogP contribution in [0, 0.1) is 11.7 Å². The third-order valence-corrected chi connectivity index (χ3v) is 3.60. The minimum absolute atomic E-state index is 0.0602. The number of nitrogens with zero attached hydrogens (tertiary/aromatic N) is 1. The van der Waals surface area contributed by atoms with Crippen molar-refractivity contribution in [2.45, 2.75) is 46.6 Å². The molecule has 0 radical (unpaired) electrons. The van der Waals surface area contributed by atoms with E-state index < -0.39 is 5.82 Å². The van der Waals surface area contributed by atoms with Crippen LogP contribution in [0.1, 0.15) is 50.9 Å². The molecule has 1 rings (SSSR count). The molecule has 1 aromatic rings. The minimum Gasteiger partial charge on any atom is -0.335 e. The van der Waals surface area contributed by atoms with Crippen molar-refractivity contribution in [3.63, 3.8) is 0 Å². The zero-order chi connectivity index (χ0) is 15.3. The summed E-state index contributed by atoms with van der Waals surface area (Å²) in [5.41, 5.74) is 0.0602. The lowest BCUT2D eigenvalue weighted by Gasteiger charge is -2.32. The molecule has 112 valence electrons. The predicted molar refractivity (Wildman–Crippen MR) is 81.7 cm³/mol. The summed E-state index contributed by atoms with van der Waals surface area (Å²) >= 11 is 5.88. The Balaban J connectivity index is 3.12. The van der Waals surface area contributed by atoms with Gasteiger partial charge in [-0.25, -0.2) is 4.39 Å². The highest BCUT2D eigenvalue weighted by molar-refractivity contribution is 6.31. The van der Waals surface area contributed by atoms with Crippen LogP contribution in [0.5, 0.6) is 0 Å². The molecule has 0 spiro atoms. The second-order valence-corrected chi connectivity index (χ2v) is 5.88. The topological polar surface area (TPSA) is 20.3 Å². The number of carbonyl (C=O) groups is 1. The Kier molecular flexibility index (Phi) is 6.47. The smallest absolute Gasteiger partial charge is 0.257 e. The molecule has 0 bridgehead atoms. The Bertz CT molecular complexity index is 458. The number of hydrogen-bond donors (Lipinski definition) is 0. The molecule has 0 saturated heterocycles. The van der Waals surface area contributed by atoms with Crippen molar-refractivity contribution in [3.05, 3.63) is 34.6 Å². The third-order valence-electron chi connectivity index (χ3n) is 3.36. The van der Waals surface area contributed by atoms with Gasteiger partial charge in [0, 0.05) is 17.6 Å². The fraction of sp³-hybridized carbons (Fsp3) is 0.562. The van der Waals surface area contributed by atoms with Crippen molar-refractivity contribution in [3.8, 4) is 0 Å². The Morgan fingerprint density at radius 3 is 2.40 bits per heavy atom. The van der Waals surface area contributed by atoms with Crippen LogP contribution < -0.4 is 0 Å². The molecular formula is C16H23ClFNO. The molecule has 0 aliphatic heterocycles. The molecule has 0 unspecified atom stereocenters. The summed E-state index contributed by atoms with van der Waals surface area (Å²) in [6.07, 6.45) is 1.72. The molecule has 0 aromatic heterocycles. The Morgan fingerprint density at radius 1 is 1.30 bits per heavy atom. The third kappa shape index (κ3) is 4.20. The van der Waals surface area contributed by atoms with Crippen LogP contribution in [0.3, 0.4) is 0 Å². The van der Waals surface area contributed by atoms with E-state index in [9.17, 15) is 9.18 Å². The highest BCUT2D eigenvalue weighted by Gasteiger charge is 2.25. The van der Waals surface area contributed by atoms with Gasteiger partial charge in [-0.1, -0.05) is 39.3 Å². The fourth-order valence-electron chi connectivity index (χ4n) is 2.34. The van der Waals surface area contributed by atoms with Crippen LogP contribution in [0.25, 0.3) is 0 Å². The molecule has 0 aliphatic carbocycles. The summed E-state index contributed by atoms with van der Waals surface area (Å²) in [5, 5.41) is 0.379. The van der Waals surface area contributed by atoms with E-state index in [-0.39, 0.29) is 17.5 Å². The van der Waals surface area contributed by atoms with Crippen molar-refractivity contribution >= 4 is 17.5 Å². The SMILES string of the molecule is CCC(CC)N(CC(C)C)C(=O)c1cc(Cl)ccc1F. The molecule has 0 saturated carbocycles. The van der Waals surface area contributed by atoms with E-state index in [0.717, 1.165) is 12.8 Å². The van der Waals surface area contributed by atoms with Gasteiger partial charge in [-0.2, -0.15) is 0 Å². The summed E-state index contributed by atoms with van der Waals surface area (Å²) in [4.78, 5) is 14.4. The standard InChI is InChI=1S/C16H23ClFNO/c1-5-13(6-2)19(10-11(3)4)16(20)14-9-12(17)7-8-15(14)18/h7-9,11,13H,5-6,10H2,1-4H3.